The fourth-order valence-electron chi connectivity index (χ4n) is 1.33. The number of carbonyl (C=O) groups excluding carboxylic acids is 1. The molecular formula is C14H20BrNO3. The van der Waals surface area contributed by atoms with Crippen LogP contribution in [0.3, 0.4) is 0 Å². The fourth-order valence-corrected chi connectivity index (χ4v) is 1.59. The molecule has 0 spiro atoms. The summed E-state index contributed by atoms with van der Waals surface area (Å²) in [4.78, 5) is 11.5. The molecule has 106 valence electrons. The van der Waals surface area contributed by atoms with E-state index in [4.69, 9.17) is 9.47 Å². The van der Waals surface area contributed by atoms with Crippen LogP contribution in [0, 0.1) is 0 Å². The second-order valence-corrected chi connectivity index (χ2v) is 6.18. The van der Waals surface area contributed by atoms with E-state index >= 15 is 0 Å². The average molecular weight is 330 g/mol. The van der Waals surface area contributed by atoms with Crippen LogP contribution in [0.5, 0.6) is 5.75 Å². The molecule has 1 aromatic carbocycles. The molecule has 1 atom stereocenters. The summed E-state index contributed by atoms with van der Waals surface area (Å²) in [6.45, 7) is 7.77. The van der Waals surface area contributed by atoms with Crippen molar-refractivity contribution in [2.75, 3.05) is 6.54 Å². The molecule has 0 fully saturated rings. The molecule has 0 saturated carbocycles. The van der Waals surface area contributed by atoms with Crippen molar-refractivity contribution < 1.29 is 14.3 Å². The first-order valence-electron chi connectivity index (χ1n) is 6.15. The first kappa shape index (κ1) is 15.8. The molecule has 1 rings (SSSR count). The van der Waals surface area contributed by atoms with Gasteiger partial charge in [-0.2, -0.15) is 0 Å². The molecule has 19 heavy (non-hydrogen) atoms. The molecule has 0 saturated heterocycles. The van der Waals surface area contributed by atoms with Gasteiger partial charge in [0.05, 0.1) is 6.54 Å². The number of amides is 1. The van der Waals surface area contributed by atoms with Gasteiger partial charge >= 0.3 is 6.09 Å². The fraction of sp³-hybridized carbons (Fsp3) is 0.500. The predicted octanol–water partition coefficient (Wildman–Crippen LogP) is 3.74. The van der Waals surface area contributed by atoms with Crippen LogP contribution in [0.25, 0.3) is 0 Å². The number of rotatable bonds is 4. The van der Waals surface area contributed by atoms with Gasteiger partial charge in [0.15, 0.2) is 0 Å². The predicted molar refractivity (Wildman–Crippen MR) is 78.5 cm³/mol. The van der Waals surface area contributed by atoms with Gasteiger partial charge in [-0.15, -0.1) is 0 Å². The average Bonchev–Trinajstić information content (AvgIpc) is 2.27. The van der Waals surface area contributed by atoms with Gasteiger partial charge in [-0.05, 0) is 52.0 Å². The van der Waals surface area contributed by atoms with Gasteiger partial charge in [-0.1, -0.05) is 15.9 Å². The highest BCUT2D eigenvalue weighted by Crippen LogP contribution is 2.17. The molecule has 0 radical (unpaired) electrons. The van der Waals surface area contributed by atoms with Crippen molar-refractivity contribution in [3.63, 3.8) is 0 Å². The van der Waals surface area contributed by atoms with Crippen molar-refractivity contribution in [3.8, 4) is 5.75 Å². The lowest BCUT2D eigenvalue weighted by Gasteiger charge is -2.21. The van der Waals surface area contributed by atoms with E-state index in [2.05, 4.69) is 21.2 Å². The first-order chi connectivity index (χ1) is 8.76. The van der Waals surface area contributed by atoms with Crippen molar-refractivity contribution in [1.82, 2.24) is 5.32 Å². The van der Waals surface area contributed by atoms with E-state index in [9.17, 15) is 4.79 Å². The van der Waals surface area contributed by atoms with Crippen LogP contribution in [-0.4, -0.2) is 24.3 Å². The van der Waals surface area contributed by atoms with Crippen molar-refractivity contribution >= 4 is 22.0 Å². The Hall–Kier alpha value is -1.23. The van der Waals surface area contributed by atoms with Crippen molar-refractivity contribution in [2.24, 2.45) is 0 Å². The van der Waals surface area contributed by atoms with E-state index in [0.717, 1.165) is 10.2 Å². The molecule has 4 nitrogen and oxygen atoms in total. The monoisotopic (exact) mass is 329 g/mol. The lowest BCUT2D eigenvalue weighted by Crippen LogP contribution is -2.37. The van der Waals surface area contributed by atoms with Crippen molar-refractivity contribution in [1.29, 1.82) is 0 Å². The zero-order valence-corrected chi connectivity index (χ0v) is 13.3. The Kier molecular flexibility index (Phi) is 5.66. The number of nitrogens with one attached hydrogen (secondary N) is 1. The summed E-state index contributed by atoms with van der Waals surface area (Å²) < 4.78 is 11.8. The summed E-state index contributed by atoms with van der Waals surface area (Å²) in [5.74, 6) is 0.765. The molecule has 0 aliphatic carbocycles. The largest absolute Gasteiger partial charge is 0.489 e. The summed E-state index contributed by atoms with van der Waals surface area (Å²) in [6.07, 6.45) is -0.563. The van der Waals surface area contributed by atoms with E-state index in [1.54, 1.807) is 0 Å². The van der Waals surface area contributed by atoms with Crippen LogP contribution in [0.15, 0.2) is 28.7 Å². The third-order valence-corrected chi connectivity index (χ3v) is 2.61. The second kappa shape index (κ2) is 6.80. The molecule has 1 unspecified atom stereocenters. The molecule has 0 bridgehead atoms. The lowest BCUT2D eigenvalue weighted by atomic mass is 10.2. The van der Waals surface area contributed by atoms with Gasteiger partial charge in [0.25, 0.3) is 0 Å². The van der Waals surface area contributed by atoms with Gasteiger partial charge in [0.2, 0.25) is 0 Å². The summed E-state index contributed by atoms with van der Waals surface area (Å²) in [6, 6.07) is 7.55. The highest BCUT2D eigenvalue weighted by molar-refractivity contribution is 9.10. The third kappa shape index (κ3) is 7.06. The highest BCUT2D eigenvalue weighted by Gasteiger charge is 2.16. The van der Waals surface area contributed by atoms with Crippen molar-refractivity contribution in [2.45, 2.75) is 39.4 Å². The molecule has 0 aromatic heterocycles. The van der Waals surface area contributed by atoms with Gasteiger partial charge in [0.1, 0.15) is 17.5 Å². The quantitative estimate of drug-likeness (QED) is 0.915. The van der Waals surface area contributed by atoms with Gasteiger partial charge in [0, 0.05) is 4.47 Å². The molecule has 1 amide bonds. The van der Waals surface area contributed by atoms with E-state index < -0.39 is 11.7 Å². The maximum atomic E-state index is 11.5. The Bertz CT molecular complexity index is 412. The van der Waals surface area contributed by atoms with Gasteiger partial charge < -0.3 is 14.8 Å². The minimum Gasteiger partial charge on any atom is -0.489 e. The van der Waals surface area contributed by atoms with Crippen molar-refractivity contribution in [3.05, 3.63) is 28.7 Å². The molecule has 1 N–H and O–H groups in total. The lowest BCUT2D eigenvalue weighted by molar-refractivity contribution is 0.0505. The number of ether oxygens (including phenoxy) is 2. The maximum Gasteiger partial charge on any atom is 0.407 e. The highest BCUT2D eigenvalue weighted by atomic mass is 79.9. The number of alkyl carbamates (subject to hydrolysis) is 1. The third-order valence-electron chi connectivity index (χ3n) is 2.08. The Morgan fingerprint density at radius 1 is 1.32 bits per heavy atom. The summed E-state index contributed by atoms with van der Waals surface area (Å²) >= 11 is 3.36. The molecule has 0 aliphatic rings. The van der Waals surface area contributed by atoms with E-state index in [-0.39, 0.29) is 6.10 Å². The van der Waals surface area contributed by atoms with Gasteiger partial charge in [-0.25, -0.2) is 4.79 Å². The number of carbonyl (C=O) groups is 1. The van der Waals surface area contributed by atoms with Crippen LogP contribution in [0.1, 0.15) is 27.7 Å². The Balaban J connectivity index is 2.33. The topological polar surface area (TPSA) is 47.6 Å². The zero-order chi connectivity index (χ0) is 14.5. The Morgan fingerprint density at radius 2 is 1.89 bits per heavy atom. The zero-order valence-electron chi connectivity index (χ0n) is 11.7. The SMILES string of the molecule is CC(CNC(=O)OC(C)(C)C)Oc1ccc(Br)cc1. The van der Waals surface area contributed by atoms with E-state index in [0.29, 0.717) is 6.54 Å². The number of hydrogen-bond acceptors (Lipinski definition) is 3. The molecule has 0 aliphatic heterocycles. The standard InChI is InChI=1S/C14H20BrNO3/c1-10(9-16-13(17)19-14(2,3)4)18-12-7-5-11(15)6-8-12/h5-8,10H,9H2,1-4H3,(H,16,17). The number of halogens is 1. The Morgan fingerprint density at radius 3 is 2.42 bits per heavy atom. The van der Waals surface area contributed by atoms with Crippen LogP contribution in [0.2, 0.25) is 0 Å². The smallest absolute Gasteiger partial charge is 0.407 e. The molecular weight excluding hydrogens is 310 g/mol. The van der Waals surface area contributed by atoms with E-state index in [1.165, 1.54) is 0 Å². The number of benzene rings is 1. The normalized spacial score (nSPS) is 12.7. The molecule has 1 aromatic rings. The summed E-state index contributed by atoms with van der Waals surface area (Å²) in [5.41, 5.74) is -0.486. The minimum atomic E-state index is -0.486. The van der Waals surface area contributed by atoms with Crippen LogP contribution < -0.4 is 10.1 Å². The molecule has 5 heteroatoms. The van der Waals surface area contributed by atoms with Gasteiger partial charge in [-0.3, -0.25) is 0 Å². The summed E-state index contributed by atoms with van der Waals surface area (Å²) in [7, 11) is 0. The van der Waals surface area contributed by atoms with Crippen LogP contribution in [0.4, 0.5) is 4.79 Å². The molecule has 0 heterocycles. The first-order valence-corrected chi connectivity index (χ1v) is 6.94. The number of hydrogen-bond donors (Lipinski definition) is 1. The van der Waals surface area contributed by atoms with E-state index in [1.807, 2.05) is 52.0 Å². The summed E-state index contributed by atoms with van der Waals surface area (Å²) in [5, 5.41) is 2.68. The van der Waals surface area contributed by atoms with Crippen LogP contribution in [-0.2, 0) is 4.74 Å². The minimum absolute atomic E-state index is 0.131. The second-order valence-electron chi connectivity index (χ2n) is 5.27. The van der Waals surface area contributed by atoms with Crippen LogP contribution >= 0.6 is 15.9 Å². The Labute approximate surface area is 122 Å². The maximum absolute atomic E-state index is 11.5.